The van der Waals surface area contributed by atoms with E-state index in [9.17, 15) is 4.79 Å². The number of para-hydroxylation sites is 1. The normalized spacial score (nSPS) is 10.3. The molecule has 1 aromatic heterocycles. The van der Waals surface area contributed by atoms with E-state index in [2.05, 4.69) is 23.7 Å². The van der Waals surface area contributed by atoms with Crippen LogP contribution in [0, 0.1) is 6.92 Å². The summed E-state index contributed by atoms with van der Waals surface area (Å²) in [5, 5.41) is 5.12. The van der Waals surface area contributed by atoms with Gasteiger partial charge in [0.05, 0.1) is 12.1 Å². The molecule has 2 aromatic rings. The largest absolute Gasteiger partial charge is 0.387 e. The maximum atomic E-state index is 12.5. The van der Waals surface area contributed by atoms with E-state index in [1.54, 1.807) is 16.2 Å². The highest BCUT2D eigenvalue weighted by Crippen LogP contribution is 2.20. The molecule has 1 N–H and O–H groups in total. The molecular formula is C15H18N2OS. The van der Waals surface area contributed by atoms with E-state index >= 15 is 0 Å². The van der Waals surface area contributed by atoms with E-state index in [1.807, 2.05) is 38.4 Å². The number of hydrogen-bond donors (Lipinski definition) is 1. The van der Waals surface area contributed by atoms with Crippen molar-refractivity contribution in [3.63, 3.8) is 0 Å². The highest BCUT2D eigenvalue weighted by molar-refractivity contribution is 7.10. The van der Waals surface area contributed by atoms with Crippen LogP contribution in [0.15, 0.2) is 35.7 Å². The lowest BCUT2D eigenvalue weighted by Gasteiger charge is -2.18. The minimum atomic E-state index is 0.0396. The number of rotatable bonds is 4. The summed E-state index contributed by atoms with van der Waals surface area (Å²) in [4.78, 5) is 15.4. The molecule has 0 aliphatic rings. The van der Waals surface area contributed by atoms with Gasteiger partial charge in [-0.1, -0.05) is 12.1 Å². The van der Waals surface area contributed by atoms with Gasteiger partial charge in [-0.15, -0.1) is 11.3 Å². The Hall–Kier alpha value is -1.81. The molecule has 3 nitrogen and oxygen atoms in total. The fraction of sp³-hybridized carbons (Fsp3) is 0.267. The van der Waals surface area contributed by atoms with Crippen molar-refractivity contribution in [2.75, 3.05) is 19.4 Å². The lowest BCUT2D eigenvalue weighted by molar-refractivity contribution is 0.0787. The van der Waals surface area contributed by atoms with Crippen LogP contribution in [0.4, 0.5) is 5.69 Å². The van der Waals surface area contributed by atoms with Crippen LogP contribution in [0.5, 0.6) is 0 Å². The minimum absolute atomic E-state index is 0.0396. The van der Waals surface area contributed by atoms with Crippen molar-refractivity contribution < 1.29 is 4.79 Å². The number of benzene rings is 1. The van der Waals surface area contributed by atoms with Crippen molar-refractivity contribution in [2.24, 2.45) is 0 Å². The predicted octanol–water partition coefficient (Wildman–Crippen LogP) is 3.37. The first-order valence-electron chi connectivity index (χ1n) is 6.18. The van der Waals surface area contributed by atoms with Crippen LogP contribution in [0.2, 0.25) is 0 Å². The SMILES string of the molecule is CNc1ccccc1C(=O)N(C)Cc1sccc1C. The lowest BCUT2D eigenvalue weighted by Crippen LogP contribution is -2.26. The van der Waals surface area contributed by atoms with Crippen LogP contribution >= 0.6 is 11.3 Å². The fourth-order valence-corrected chi connectivity index (χ4v) is 2.91. The molecule has 1 heterocycles. The number of nitrogens with one attached hydrogen (secondary N) is 1. The molecule has 0 atom stereocenters. The number of carbonyl (C=O) groups excluding carboxylic acids is 1. The Labute approximate surface area is 117 Å². The number of thiophene rings is 1. The molecule has 0 saturated carbocycles. The summed E-state index contributed by atoms with van der Waals surface area (Å²) in [7, 11) is 3.67. The second kappa shape index (κ2) is 5.89. The second-order valence-corrected chi connectivity index (χ2v) is 5.48. The third-order valence-electron chi connectivity index (χ3n) is 3.12. The number of nitrogens with zero attached hydrogens (tertiary/aromatic N) is 1. The van der Waals surface area contributed by atoms with Crippen LogP contribution in [0.3, 0.4) is 0 Å². The quantitative estimate of drug-likeness (QED) is 0.927. The summed E-state index contributed by atoms with van der Waals surface area (Å²) in [5.74, 6) is 0.0396. The molecule has 0 fully saturated rings. The molecular weight excluding hydrogens is 256 g/mol. The Bertz CT molecular complexity index is 577. The minimum Gasteiger partial charge on any atom is -0.387 e. The number of aryl methyl sites for hydroxylation is 1. The summed E-state index contributed by atoms with van der Waals surface area (Å²) in [6, 6.07) is 9.66. The van der Waals surface area contributed by atoms with Gasteiger partial charge in [0.15, 0.2) is 0 Å². The predicted molar refractivity (Wildman–Crippen MR) is 80.8 cm³/mol. The summed E-state index contributed by atoms with van der Waals surface area (Å²) >= 11 is 1.69. The molecule has 0 saturated heterocycles. The Morgan fingerprint density at radius 3 is 2.68 bits per heavy atom. The number of carbonyl (C=O) groups is 1. The van der Waals surface area contributed by atoms with Crippen molar-refractivity contribution >= 4 is 22.9 Å². The molecule has 0 aliphatic carbocycles. The van der Waals surface area contributed by atoms with Crippen LogP contribution < -0.4 is 5.32 Å². The summed E-state index contributed by atoms with van der Waals surface area (Å²) in [6.45, 7) is 2.73. The number of amides is 1. The molecule has 0 spiro atoms. The van der Waals surface area contributed by atoms with Crippen molar-refractivity contribution in [2.45, 2.75) is 13.5 Å². The van der Waals surface area contributed by atoms with Gasteiger partial charge < -0.3 is 10.2 Å². The van der Waals surface area contributed by atoms with E-state index in [-0.39, 0.29) is 5.91 Å². The molecule has 2 rings (SSSR count). The van der Waals surface area contributed by atoms with E-state index in [1.165, 1.54) is 10.4 Å². The Morgan fingerprint density at radius 2 is 2.05 bits per heavy atom. The van der Waals surface area contributed by atoms with Gasteiger partial charge in [0.2, 0.25) is 0 Å². The van der Waals surface area contributed by atoms with Crippen LogP contribution in [0.25, 0.3) is 0 Å². The molecule has 1 amide bonds. The van der Waals surface area contributed by atoms with Gasteiger partial charge in [-0.25, -0.2) is 0 Å². The Kier molecular flexibility index (Phi) is 4.22. The smallest absolute Gasteiger partial charge is 0.256 e. The van der Waals surface area contributed by atoms with E-state index in [0.717, 1.165) is 5.69 Å². The zero-order valence-electron chi connectivity index (χ0n) is 11.4. The maximum absolute atomic E-state index is 12.5. The van der Waals surface area contributed by atoms with Crippen LogP contribution in [0.1, 0.15) is 20.8 Å². The van der Waals surface area contributed by atoms with Gasteiger partial charge in [0, 0.05) is 24.7 Å². The maximum Gasteiger partial charge on any atom is 0.256 e. The molecule has 1 aromatic carbocycles. The molecule has 0 unspecified atom stereocenters. The van der Waals surface area contributed by atoms with Gasteiger partial charge in [0.25, 0.3) is 5.91 Å². The van der Waals surface area contributed by atoms with Crippen molar-refractivity contribution in [1.82, 2.24) is 4.90 Å². The summed E-state index contributed by atoms with van der Waals surface area (Å²) < 4.78 is 0. The van der Waals surface area contributed by atoms with Crippen LogP contribution in [-0.4, -0.2) is 24.9 Å². The number of anilines is 1. The first-order valence-corrected chi connectivity index (χ1v) is 7.06. The lowest BCUT2D eigenvalue weighted by atomic mass is 10.1. The molecule has 19 heavy (non-hydrogen) atoms. The average molecular weight is 274 g/mol. The van der Waals surface area contributed by atoms with Gasteiger partial charge >= 0.3 is 0 Å². The van der Waals surface area contributed by atoms with Crippen LogP contribution in [-0.2, 0) is 6.54 Å². The van der Waals surface area contributed by atoms with Gasteiger partial charge in [0.1, 0.15) is 0 Å². The highest BCUT2D eigenvalue weighted by atomic mass is 32.1. The fourth-order valence-electron chi connectivity index (χ4n) is 1.95. The molecule has 4 heteroatoms. The summed E-state index contributed by atoms with van der Waals surface area (Å²) in [6.07, 6.45) is 0. The van der Waals surface area contributed by atoms with Crippen molar-refractivity contribution in [1.29, 1.82) is 0 Å². The average Bonchev–Trinajstić information content (AvgIpc) is 2.83. The number of hydrogen-bond acceptors (Lipinski definition) is 3. The molecule has 0 bridgehead atoms. The highest BCUT2D eigenvalue weighted by Gasteiger charge is 2.16. The van der Waals surface area contributed by atoms with Gasteiger partial charge in [-0.3, -0.25) is 4.79 Å². The van der Waals surface area contributed by atoms with E-state index in [0.29, 0.717) is 12.1 Å². The molecule has 100 valence electrons. The van der Waals surface area contributed by atoms with E-state index < -0.39 is 0 Å². The van der Waals surface area contributed by atoms with Gasteiger partial charge in [-0.2, -0.15) is 0 Å². The first-order chi connectivity index (χ1) is 9.13. The zero-order valence-corrected chi connectivity index (χ0v) is 12.3. The van der Waals surface area contributed by atoms with Gasteiger partial charge in [-0.05, 0) is 36.1 Å². The second-order valence-electron chi connectivity index (χ2n) is 4.48. The monoisotopic (exact) mass is 274 g/mol. The van der Waals surface area contributed by atoms with Crippen molar-refractivity contribution in [3.05, 3.63) is 51.7 Å². The zero-order chi connectivity index (χ0) is 13.8. The standard InChI is InChI=1S/C15H18N2OS/c1-11-8-9-19-14(11)10-17(3)15(18)12-6-4-5-7-13(12)16-2/h4-9,16H,10H2,1-3H3. The summed E-state index contributed by atoms with van der Waals surface area (Å²) in [5.41, 5.74) is 2.82. The Balaban J connectivity index is 2.17. The third-order valence-corrected chi connectivity index (χ3v) is 4.13. The topological polar surface area (TPSA) is 32.3 Å². The van der Waals surface area contributed by atoms with E-state index in [4.69, 9.17) is 0 Å². The molecule has 0 aliphatic heterocycles. The first kappa shape index (κ1) is 13.6. The third kappa shape index (κ3) is 2.96. The Morgan fingerprint density at radius 1 is 1.32 bits per heavy atom. The van der Waals surface area contributed by atoms with Crippen molar-refractivity contribution in [3.8, 4) is 0 Å². The molecule has 0 radical (unpaired) electrons.